The molecule has 5 aliphatic heterocycles. The number of phenolic OH excluding ortho intramolecular Hbond substituents is 2. The first kappa shape index (κ1) is 43.1. The number of anilines is 1. The number of rotatable bonds is 14. The minimum absolute atomic E-state index is 0. The van der Waals surface area contributed by atoms with Crippen molar-refractivity contribution in [2.24, 2.45) is 16.5 Å². The Morgan fingerprint density at radius 2 is 1.80 bits per heavy atom. The number of benzene rings is 1. The number of carbonyl (C=O) groups is 6. The van der Waals surface area contributed by atoms with Crippen LogP contribution in [0.2, 0.25) is 0 Å². The van der Waals surface area contributed by atoms with E-state index in [9.17, 15) is 53.6 Å². The summed E-state index contributed by atoms with van der Waals surface area (Å²) >= 11 is 2.36. The number of ketones is 2. The van der Waals surface area contributed by atoms with Gasteiger partial charge in [-0.25, -0.2) is 9.37 Å². The van der Waals surface area contributed by atoms with Crippen LogP contribution in [0.4, 0.5) is 9.52 Å². The number of piperidine rings is 3. The van der Waals surface area contributed by atoms with Gasteiger partial charge < -0.3 is 50.4 Å². The van der Waals surface area contributed by atoms with Gasteiger partial charge in [0.1, 0.15) is 12.2 Å². The van der Waals surface area contributed by atoms with Crippen molar-refractivity contribution in [2.75, 3.05) is 38.5 Å². The average Bonchev–Trinajstić information content (AvgIpc) is 3.57. The van der Waals surface area contributed by atoms with Crippen LogP contribution in [0.25, 0.3) is 0 Å². The fourth-order valence-corrected chi connectivity index (χ4v) is 9.55. The molecule has 0 radical (unpaired) electrons. The average molecular weight is 825 g/mol. The molecule has 0 saturated carbocycles. The normalized spacial score (nSPS) is 25.8. The van der Waals surface area contributed by atoms with Gasteiger partial charge in [-0.3, -0.25) is 24.1 Å². The number of aromatic nitrogens is 1. The van der Waals surface area contributed by atoms with Crippen molar-refractivity contribution in [1.29, 1.82) is 0 Å². The number of nitrogens with zero attached hydrogens (tertiary/aromatic N) is 4. The zero-order valence-corrected chi connectivity index (χ0v) is 34.6. The second-order valence-corrected chi connectivity index (χ2v) is 17.3. The monoisotopic (exact) mass is 824 g/mol. The number of quaternary nitrogens is 1. The number of amides is 2. The van der Waals surface area contributed by atoms with Crippen LogP contribution in [0, 0.1) is 17.2 Å². The maximum atomic E-state index is 13.8. The van der Waals surface area contributed by atoms with Crippen LogP contribution in [0.15, 0.2) is 33.9 Å². The number of carboxylic acid groups (broad SMARTS) is 2. The molecule has 0 spiro atoms. The maximum absolute atomic E-state index is 13.8. The fourth-order valence-electron chi connectivity index (χ4n) is 7.50. The van der Waals surface area contributed by atoms with Gasteiger partial charge in [-0.1, -0.05) is 5.16 Å². The quantitative estimate of drug-likeness (QED) is 0.0210. The summed E-state index contributed by atoms with van der Waals surface area (Å²) in [6.45, 7) is 6.62. The van der Waals surface area contributed by atoms with E-state index in [1.807, 2.05) is 6.92 Å². The zero-order valence-electron chi connectivity index (χ0n) is 31.0. The third kappa shape index (κ3) is 8.17. The van der Waals surface area contributed by atoms with Crippen LogP contribution in [-0.4, -0.2) is 115 Å². The molecule has 0 aliphatic carbocycles. The maximum Gasteiger partial charge on any atom is 1.00 e. The van der Waals surface area contributed by atoms with Gasteiger partial charge in [0, 0.05) is 59.4 Å². The zero-order chi connectivity index (χ0) is 40.2. The predicted octanol–water partition coefficient (Wildman–Crippen LogP) is -3.59. The Bertz CT molecular complexity index is 2030. The summed E-state index contributed by atoms with van der Waals surface area (Å²) in [5, 5.41) is 50.1. The smallest absolute Gasteiger partial charge is 0.546 e. The van der Waals surface area contributed by atoms with Gasteiger partial charge in [0.15, 0.2) is 39.5 Å². The third-order valence-corrected chi connectivity index (χ3v) is 13.2. The number of fused-ring (bicyclic) bond motifs is 4. The molecule has 4 fully saturated rings. The molecule has 0 unspecified atom stereocenters. The van der Waals surface area contributed by atoms with Gasteiger partial charge in [0.2, 0.25) is 11.7 Å². The molecule has 6 heterocycles. The van der Waals surface area contributed by atoms with Crippen LogP contribution in [0.1, 0.15) is 62.5 Å². The van der Waals surface area contributed by atoms with E-state index in [-0.39, 0.29) is 75.4 Å². The molecule has 56 heavy (non-hydrogen) atoms. The Balaban J connectivity index is 0.00000600. The number of β-lactam (4-membered cyclic amide) rings is 1. The summed E-state index contributed by atoms with van der Waals surface area (Å²) in [5.74, 6) is -10.5. The number of hydrogen-bond donors (Lipinski definition) is 4. The Kier molecular flexibility index (Phi) is 12.3. The van der Waals surface area contributed by atoms with Gasteiger partial charge in [0.05, 0.1) is 48.6 Å². The Hall–Kier alpha value is -4.08. The number of nitrogens with one attached hydrogen (secondary N) is 1. The topological polar surface area (TPSA) is 265 Å². The third-order valence-electron chi connectivity index (χ3n) is 11.0. The number of nitrogens with two attached hydrogens (primary N) is 1. The first-order chi connectivity index (χ1) is 25.8. The number of halogens is 1. The summed E-state index contributed by atoms with van der Waals surface area (Å²) in [6, 6.07) is 1.49. The predicted molar refractivity (Wildman–Crippen MR) is 189 cm³/mol. The number of nitrogen functional groups attached to an aromatic ring is 1. The summed E-state index contributed by atoms with van der Waals surface area (Å²) in [6.07, 6.45) is 1.57. The Labute approximate surface area is 350 Å². The number of hydrogen-bond acceptors (Lipinski definition) is 16. The Morgan fingerprint density at radius 3 is 2.36 bits per heavy atom. The molecule has 1 aromatic carbocycles. The van der Waals surface area contributed by atoms with Gasteiger partial charge in [-0.15, -0.1) is 23.1 Å². The molecule has 4 saturated heterocycles. The molecular weight excluding hydrogens is 787 g/mol. The molecule has 3 atom stereocenters. The number of thioether (sulfide) groups is 1. The molecule has 21 heteroatoms. The number of phenols is 2. The van der Waals surface area contributed by atoms with Crippen molar-refractivity contribution < 1.29 is 92.5 Å². The minimum Gasteiger partial charge on any atom is -0.546 e. The Morgan fingerprint density at radius 1 is 1.16 bits per heavy atom. The SMILES string of the molecule is C[C@@H]1S[C@@H]2[C@H](CC(=O)/C(=N\OC(C)(C)C(=O)[O-])c3csc(N)n3)C(=O)N2C(C(=O)[O-])=C1C[N+]12CCC(CNC(=O)C(=O)c3cc(O)c(O)c(F)c3)(CC1)CC2.[Na+]. The molecular formula is C35H38FN6NaO11S2. The van der Waals surface area contributed by atoms with Gasteiger partial charge in [-0.05, 0) is 32.9 Å². The standard InChI is InChI=1S/C35H39FN6O11S2.Na/c1-16-19(13-42-7-4-35(5-8-42,6-9-42)15-38-28(47)26(45)17-10-20(36)27(46)23(44)11-17)25(31(49)50)41-29(48)18(30(41)55-16)12-22(43)24(21-14-54-33(37)39-21)40-53-34(2,3)32(51)52;/h10-11,14,16,18,30H,4-9,12-13,15H2,1-3H3,(H6-,37,38,39,40,43,44,45,46,47,49,50,51,52);/q;+1/p-1/t16-,18+,30+,35?,42?;/m0./s1. The van der Waals surface area contributed by atoms with E-state index in [0.717, 1.165) is 17.4 Å². The molecule has 2 bridgehead atoms. The van der Waals surface area contributed by atoms with E-state index < -0.39 is 75.1 Å². The van der Waals surface area contributed by atoms with Crippen LogP contribution in [0.5, 0.6) is 11.5 Å². The second-order valence-electron chi connectivity index (χ2n) is 14.9. The molecule has 2 amide bonds. The van der Waals surface area contributed by atoms with Crippen LogP contribution < -0.4 is 50.8 Å². The van der Waals surface area contributed by atoms with E-state index in [1.165, 1.54) is 35.9 Å². The van der Waals surface area contributed by atoms with Crippen molar-refractivity contribution in [3.8, 4) is 11.5 Å². The van der Waals surface area contributed by atoms with Crippen LogP contribution in [-0.2, 0) is 28.8 Å². The first-order valence-corrected chi connectivity index (χ1v) is 19.1. The van der Waals surface area contributed by atoms with Crippen molar-refractivity contribution in [3.63, 3.8) is 0 Å². The van der Waals surface area contributed by atoms with E-state index in [4.69, 9.17) is 10.6 Å². The molecule has 2 aromatic rings. The molecule has 17 nitrogen and oxygen atoms in total. The van der Waals surface area contributed by atoms with Crippen molar-refractivity contribution in [3.05, 3.63) is 45.9 Å². The second kappa shape index (κ2) is 16.0. The van der Waals surface area contributed by atoms with Crippen molar-refractivity contribution >= 4 is 69.3 Å². The molecule has 7 rings (SSSR count). The summed E-state index contributed by atoms with van der Waals surface area (Å²) in [4.78, 5) is 87.0. The molecule has 294 valence electrons. The summed E-state index contributed by atoms with van der Waals surface area (Å²) < 4.78 is 14.4. The number of carboxylic acids is 2. The van der Waals surface area contributed by atoms with E-state index in [0.29, 0.717) is 61.6 Å². The minimum atomic E-state index is -1.90. The first-order valence-electron chi connectivity index (χ1n) is 17.3. The van der Waals surface area contributed by atoms with Gasteiger partial charge in [0.25, 0.3) is 5.91 Å². The summed E-state index contributed by atoms with van der Waals surface area (Å²) in [5.41, 5.74) is 3.10. The van der Waals surface area contributed by atoms with Crippen LogP contribution in [0.3, 0.4) is 0 Å². The van der Waals surface area contributed by atoms with E-state index in [2.05, 4.69) is 15.5 Å². The van der Waals surface area contributed by atoms with E-state index in [1.54, 1.807) is 0 Å². The number of oxime groups is 1. The van der Waals surface area contributed by atoms with Crippen LogP contribution >= 0.6 is 23.1 Å². The number of carbonyl (C=O) groups excluding carboxylic acids is 6. The van der Waals surface area contributed by atoms with Crippen molar-refractivity contribution in [2.45, 2.75) is 62.7 Å². The number of thiazole rings is 1. The fraction of sp³-hybridized carbons (Fsp3) is 0.486. The molecule has 5 aliphatic rings. The summed E-state index contributed by atoms with van der Waals surface area (Å²) in [7, 11) is 0. The number of aromatic hydroxyl groups is 2. The largest absolute Gasteiger partial charge is 1.00 e. The van der Waals surface area contributed by atoms with E-state index >= 15 is 0 Å². The number of Topliss-reactive ketones (excluding diaryl/α,β-unsaturated/α-hetero) is 2. The van der Waals surface area contributed by atoms with Crippen molar-refractivity contribution in [1.82, 2.24) is 15.2 Å². The van der Waals surface area contributed by atoms with Gasteiger partial charge in [-0.2, -0.15) is 0 Å². The molecule has 5 N–H and O–H groups in total. The molecule has 1 aromatic heterocycles. The van der Waals surface area contributed by atoms with Gasteiger partial charge >= 0.3 is 29.6 Å². The number of aliphatic carboxylic acids is 2.